The van der Waals surface area contributed by atoms with E-state index in [0.29, 0.717) is 6.61 Å². The summed E-state index contributed by atoms with van der Waals surface area (Å²) >= 11 is 3.45. The van der Waals surface area contributed by atoms with Gasteiger partial charge in [0.1, 0.15) is 5.75 Å². The van der Waals surface area contributed by atoms with E-state index in [9.17, 15) is 0 Å². The van der Waals surface area contributed by atoms with E-state index in [1.54, 1.807) is 7.11 Å². The van der Waals surface area contributed by atoms with Crippen molar-refractivity contribution in [1.29, 1.82) is 0 Å². The summed E-state index contributed by atoms with van der Waals surface area (Å²) < 4.78 is 11.9. The lowest BCUT2D eigenvalue weighted by molar-refractivity contribution is 0.121. The van der Waals surface area contributed by atoms with Crippen LogP contribution in [0.25, 0.3) is 0 Å². The highest BCUT2D eigenvalue weighted by atomic mass is 79.9. The number of methoxy groups -OCH3 is 1. The third-order valence-corrected chi connectivity index (χ3v) is 2.84. The minimum Gasteiger partial charge on any atom is -0.496 e. The largest absolute Gasteiger partial charge is 0.496 e. The molecule has 4 heteroatoms. The average Bonchev–Trinajstić information content (AvgIpc) is 2.34. The first-order chi connectivity index (χ1) is 8.27. The minimum absolute atomic E-state index is 0.580. The van der Waals surface area contributed by atoms with Crippen molar-refractivity contribution >= 4 is 15.9 Å². The molecule has 1 aromatic carbocycles. The van der Waals surface area contributed by atoms with E-state index < -0.39 is 0 Å². The van der Waals surface area contributed by atoms with Crippen LogP contribution in [0.4, 0.5) is 0 Å². The van der Waals surface area contributed by atoms with Crippen LogP contribution in [0.1, 0.15) is 18.9 Å². The summed E-state index contributed by atoms with van der Waals surface area (Å²) in [6.07, 6.45) is 1.15. The van der Waals surface area contributed by atoms with Gasteiger partial charge in [-0.25, -0.2) is 0 Å². The number of nitrogens with one attached hydrogen (secondary N) is 1. The van der Waals surface area contributed by atoms with Crippen LogP contribution in [0.15, 0.2) is 22.7 Å². The highest BCUT2D eigenvalue weighted by molar-refractivity contribution is 9.10. The summed E-state index contributed by atoms with van der Waals surface area (Å²) in [5.41, 5.74) is 1.07. The highest BCUT2D eigenvalue weighted by Gasteiger charge is 2.03. The molecule has 0 aromatic heterocycles. The molecule has 1 N–H and O–H groups in total. The second kappa shape index (κ2) is 8.50. The zero-order valence-electron chi connectivity index (χ0n) is 10.5. The Morgan fingerprint density at radius 3 is 2.82 bits per heavy atom. The van der Waals surface area contributed by atoms with Crippen molar-refractivity contribution in [2.45, 2.75) is 20.0 Å². The summed E-state index contributed by atoms with van der Waals surface area (Å²) in [4.78, 5) is 0. The van der Waals surface area contributed by atoms with Crippen LogP contribution < -0.4 is 10.1 Å². The molecule has 1 rings (SSSR count). The van der Waals surface area contributed by atoms with Crippen LogP contribution >= 0.6 is 15.9 Å². The van der Waals surface area contributed by atoms with Crippen molar-refractivity contribution in [3.63, 3.8) is 0 Å². The van der Waals surface area contributed by atoms with E-state index in [0.717, 1.165) is 41.9 Å². The van der Waals surface area contributed by atoms with Crippen LogP contribution in [0.3, 0.4) is 0 Å². The number of hydrogen-bond donors (Lipinski definition) is 1. The molecule has 0 aliphatic carbocycles. The lowest BCUT2D eigenvalue weighted by Gasteiger charge is -2.10. The number of benzene rings is 1. The molecule has 0 unspecified atom stereocenters. The van der Waals surface area contributed by atoms with Crippen molar-refractivity contribution in [3.8, 4) is 5.75 Å². The smallest absolute Gasteiger partial charge is 0.124 e. The van der Waals surface area contributed by atoms with Crippen molar-refractivity contribution in [3.05, 3.63) is 28.2 Å². The maximum atomic E-state index is 5.60. The van der Waals surface area contributed by atoms with Crippen LogP contribution in [0, 0.1) is 0 Å². The minimum atomic E-state index is 0.580. The molecule has 0 amide bonds. The van der Waals surface area contributed by atoms with Crippen molar-refractivity contribution in [2.24, 2.45) is 0 Å². The zero-order chi connectivity index (χ0) is 12.5. The van der Waals surface area contributed by atoms with Crippen molar-refractivity contribution < 1.29 is 9.47 Å². The van der Waals surface area contributed by atoms with E-state index in [-0.39, 0.29) is 0 Å². The molecule has 0 aliphatic heterocycles. The quantitative estimate of drug-likeness (QED) is 0.749. The number of ether oxygens (including phenoxy) is 2. The second-order valence-corrected chi connectivity index (χ2v) is 4.67. The Morgan fingerprint density at radius 1 is 1.29 bits per heavy atom. The Bertz CT molecular complexity index is 331. The average molecular weight is 302 g/mol. The normalized spacial score (nSPS) is 10.5. The van der Waals surface area contributed by atoms with Gasteiger partial charge in [-0.2, -0.15) is 0 Å². The Morgan fingerprint density at radius 2 is 2.12 bits per heavy atom. The molecule has 0 atom stereocenters. The molecular weight excluding hydrogens is 282 g/mol. The van der Waals surface area contributed by atoms with Crippen LogP contribution in [-0.2, 0) is 11.3 Å². The molecular formula is C13H20BrNO2. The van der Waals surface area contributed by atoms with Gasteiger partial charge in [-0.15, -0.1) is 0 Å². The van der Waals surface area contributed by atoms with E-state index in [4.69, 9.17) is 9.47 Å². The predicted octanol–water partition coefficient (Wildman–Crippen LogP) is 2.97. The molecule has 0 saturated heterocycles. The van der Waals surface area contributed by atoms with Gasteiger partial charge in [0.2, 0.25) is 0 Å². The Hall–Kier alpha value is -0.580. The first-order valence-electron chi connectivity index (χ1n) is 5.88. The van der Waals surface area contributed by atoms with Gasteiger partial charge >= 0.3 is 0 Å². The first kappa shape index (κ1) is 14.5. The van der Waals surface area contributed by atoms with Gasteiger partial charge in [0.25, 0.3) is 0 Å². The SMILES string of the molecule is CCCNCCOCc1cc(Br)ccc1OC. The van der Waals surface area contributed by atoms with Crippen LogP contribution in [0.5, 0.6) is 5.75 Å². The maximum Gasteiger partial charge on any atom is 0.124 e. The Labute approximate surface area is 112 Å². The van der Waals surface area contributed by atoms with Gasteiger partial charge in [-0.3, -0.25) is 0 Å². The standard InChI is InChI=1S/C13H20BrNO2/c1-3-6-15-7-8-17-10-11-9-12(14)4-5-13(11)16-2/h4-5,9,15H,3,6-8,10H2,1-2H3. The van der Waals surface area contributed by atoms with E-state index in [1.807, 2.05) is 18.2 Å². The molecule has 0 heterocycles. The fourth-order valence-corrected chi connectivity index (χ4v) is 1.90. The highest BCUT2D eigenvalue weighted by Crippen LogP contribution is 2.23. The number of halogens is 1. The molecule has 0 spiro atoms. The summed E-state index contributed by atoms with van der Waals surface area (Å²) in [6.45, 7) is 5.39. The van der Waals surface area contributed by atoms with E-state index >= 15 is 0 Å². The Kier molecular flexibility index (Phi) is 7.24. The molecule has 0 bridgehead atoms. The summed E-state index contributed by atoms with van der Waals surface area (Å²) in [7, 11) is 1.68. The Balaban J connectivity index is 2.32. The monoisotopic (exact) mass is 301 g/mol. The van der Waals surface area contributed by atoms with Crippen LogP contribution in [-0.4, -0.2) is 26.8 Å². The van der Waals surface area contributed by atoms with Crippen LogP contribution in [0.2, 0.25) is 0 Å². The molecule has 0 fully saturated rings. The summed E-state index contributed by atoms with van der Waals surface area (Å²) in [6, 6.07) is 5.93. The van der Waals surface area contributed by atoms with Crippen molar-refractivity contribution in [2.75, 3.05) is 26.8 Å². The van der Waals surface area contributed by atoms with E-state index in [2.05, 4.69) is 28.2 Å². The zero-order valence-corrected chi connectivity index (χ0v) is 12.0. The van der Waals surface area contributed by atoms with Gasteiger partial charge < -0.3 is 14.8 Å². The first-order valence-corrected chi connectivity index (χ1v) is 6.68. The van der Waals surface area contributed by atoms with Gasteiger partial charge in [0.05, 0.1) is 20.3 Å². The molecule has 0 aliphatic rings. The maximum absolute atomic E-state index is 5.60. The molecule has 0 radical (unpaired) electrons. The van der Waals surface area contributed by atoms with E-state index in [1.165, 1.54) is 0 Å². The van der Waals surface area contributed by atoms with Gasteiger partial charge in [-0.05, 0) is 31.2 Å². The molecule has 0 saturated carbocycles. The third-order valence-electron chi connectivity index (χ3n) is 2.35. The fraction of sp³-hybridized carbons (Fsp3) is 0.538. The molecule has 3 nitrogen and oxygen atoms in total. The number of rotatable bonds is 8. The lowest BCUT2D eigenvalue weighted by atomic mass is 10.2. The van der Waals surface area contributed by atoms with Gasteiger partial charge in [0.15, 0.2) is 0 Å². The number of hydrogen-bond acceptors (Lipinski definition) is 3. The lowest BCUT2D eigenvalue weighted by Crippen LogP contribution is -2.20. The third kappa shape index (κ3) is 5.52. The van der Waals surface area contributed by atoms with Gasteiger partial charge in [0, 0.05) is 16.6 Å². The van der Waals surface area contributed by atoms with Gasteiger partial charge in [-0.1, -0.05) is 22.9 Å². The summed E-state index contributed by atoms with van der Waals surface area (Å²) in [5, 5.41) is 3.30. The predicted molar refractivity (Wildman–Crippen MR) is 73.5 cm³/mol. The molecule has 1 aromatic rings. The molecule has 17 heavy (non-hydrogen) atoms. The van der Waals surface area contributed by atoms with Crippen molar-refractivity contribution in [1.82, 2.24) is 5.32 Å². The molecule has 96 valence electrons. The summed E-state index contributed by atoms with van der Waals surface area (Å²) in [5.74, 6) is 0.870. The second-order valence-electron chi connectivity index (χ2n) is 3.76. The fourth-order valence-electron chi connectivity index (χ4n) is 1.49. The topological polar surface area (TPSA) is 30.5 Å².